The molecular formula is C14H20BrNO2. The summed E-state index contributed by atoms with van der Waals surface area (Å²) in [6.07, 6.45) is 1.36. The molecule has 1 aliphatic heterocycles. The molecule has 2 rings (SSSR count). The Morgan fingerprint density at radius 2 is 2.33 bits per heavy atom. The van der Waals surface area contributed by atoms with Crippen molar-refractivity contribution >= 4 is 15.9 Å². The second kappa shape index (κ2) is 6.04. The van der Waals surface area contributed by atoms with Crippen LogP contribution in [-0.4, -0.2) is 19.3 Å². The molecular weight excluding hydrogens is 294 g/mol. The molecule has 3 unspecified atom stereocenters. The minimum atomic E-state index is 0.0296. The molecule has 2 N–H and O–H groups in total. The van der Waals surface area contributed by atoms with E-state index in [1.54, 1.807) is 0 Å². The van der Waals surface area contributed by atoms with Crippen molar-refractivity contribution in [2.75, 3.05) is 13.2 Å². The third-order valence-electron chi connectivity index (χ3n) is 3.38. The molecule has 0 saturated carbocycles. The predicted octanol–water partition coefficient (Wildman–Crippen LogP) is 3.27. The molecule has 0 amide bonds. The molecule has 4 heteroatoms. The maximum atomic E-state index is 6.31. The van der Waals surface area contributed by atoms with E-state index >= 15 is 0 Å². The van der Waals surface area contributed by atoms with Gasteiger partial charge in [0.25, 0.3) is 0 Å². The normalized spacial score (nSPS) is 25.1. The van der Waals surface area contributed by atoms with Crippen LogP contribution in [0.25, 0.3) is 0 Å². The van der Waals surface area contributed by atoms with Gasteiger partial charge in [0.2, 0.25) is 0 Å². The molecule has 0 spiro atoms. The van der Waals surface area contributed by atoms with E-state index in [1.165, 1.54) is 0 Å². The summed E-state index contributed by atoms with van der Waals surface area (Å²) in [5, 5.41) is 0. The van der Waals surface area contributed by atoms with Crippen LogP contribution in [0.4, 0.5) is 0 Å². The molecule has 1 aromatic rings. The molecule has 100 valence electrons. The van der Waals surface area contributed by atoms with Crippen molar-refractivity contribution < 1.29 is 9.47 Å². The fourth-order valence-corrected chi connectivity index (χ4v) is 2.88. The van der Waals surface area contributed by atoms with E-state index in [0.717, 1.165) is 28.8 Å². The molecule has 3 atom stereocenters. The van der Waals surface area contributed by atoms with Gasteiger partial charge in [-0.05, 0) is 53.9 Å². The first-order valence-corrected chi connectivity index (χ1v) is 7.20. The molecule has 1 heterocycles. The van der Waals surface area contributed by atoms with Gasteiger partial charge >= 0.3 is 0 Å². The quantitative estimate of drug-likeness (QED) is 0.927. The van der Waals surface area contributed by atoms with Gasteiger partial charge in [0, 0.05) is 12.0 Å². The maximum absolute atomic E-state index is 6.31. The topological polar surface area (TPSA) is 44.5 Å². The van der Waals surface area contributed by atoms with E-state index in [1.807, 2.05) is 19.1 Å². The Morgan fingerprint density at radius 3 is 2.89 bits per heavy atom. The van der Waals surface area contributed by atoms with Gasteiger partial charge in [-0.3, -0.25) is 0 Å². The zero-order chi connectivity index (χ0) is 13.1. The van der Waals surface area contributed by atoms with Gasteiger partial charge in [-0.1, -0.05) is 6.07 Å². The molecule has 1 aromatic carbocycles. The maximum Gasteiger partial charge on any atom is 0.133 e. The minimum Gasteiger partial charge on any atom is -0.493 e. The van der Waals surface area contributed by atoms with Crippen LogP contribution in [0.1, 0.15) is 31.9 Å². The van der Waals surface area contributed by atoms with E-state index in [9.17, 15) is 0 Å². The van der Waals surface area contributed by atoms with Crippen LogP contribution in [0.3, 0.4) is 0 Å². The molecule has 1 aliphatic rings. The number of nitrogens with two attached hydrogens (primary N) is 1. The van der Waals surface area contributed by atoms with Gasteiger partial charge in [0.15, 0.2) is 0 Å². The van der Waals surface area contributed by atoms with Crippen LogP contribution < -0.4 is 10.5 Å². The second-order valence-corrected chi connectivity index (χ2v) is 5.64. The highest BCUT2D eigenvalue weighted by atomic mass is 79.9. The predicted molar refractivity (Wildman–Crippen MR) is 75.8 cm³/mol. The minimum absolute atomic E-state index is 0.0296. The van der Waals surface area contributed by atoms with E-state index in [-0.39, 0.29) is 6.04 Å². The summed E-state index contributed by atoms with van der Waals surface area (Å²) in [6, 6.07) is 6.10. The van der Waals surface area contributed by atoms with Gasteiger partial charge in [-0.2, -0.15) is 0 Å². The van der Waals surface area contributed by atoms with Gasteiger partial charge in [0.1, 0.15) is 5.75 Å². The summed E-state index contributed by atoms with van der Waals surface area (Å²) in [6.45, 7) is 5.50. The molecule has 18 heavy (non-hydrogen) atoms. The van der Waals surface area contributed by atoms with E-state index in [4.69, 9.17) is 15.2 Å². The number of hydrogen-bond acceptors (Lipinski definition) is 3. The standard InChI is InChI=1S/C14H20BrNO2/c1-3-17-13-5-4-10(7-12(13)15)14(16)11-6-9(2)18-8-11/h4-5,7,9,11,14H,3,6,8,16H2,1-2H3. The summed E-state index contributed by atoms with van der Waals surface area (Å²) in [7, 11) is 0. The largest absolute Gasteiger partial charge is 0.493 e. The SMILES string of the molecule is CCOc1ccc(C(N)C2COC(C)C2)cc1Br. The molecule has 0 aromatic heterocycles. The number of halogens is 1. The smallest absolute Gasteiger partial charge is 0.133 e. The Hall–Kier alpha value is -0.580. The lowest BCUT2D eigenvalue weighted by atomic mass is 9.92. The van der Waals surface area contributed by atoms with E-state index < -0.39 is 0 Å². The van der Waals surface area contributed by atoms with Gasteiger partial charge in [-0.15, -0.1) is 0 Å². The summed E-state index contributed by atoms with van der Waals surface area (Å²) < 4.78 is 12.0. The van der Waals surface area contributed by atoms with E-state index in [2.05, 4.69) is 28.9 Å². The molecule has 3 nitrogen and oxygen atoms in total. The summed E-state index contributed by atoms with van der Waals surface area (Å²) >= 11 is 3.53. The summed E-state index contributed by atoms with van der Waals surface area (Å²) in [5.41, 5.74) is 7.45. The number of ether oxygens (including phenoxy) is 2. The van der Waals surface area contributed by atoms with Crippen molar-refractivity contribution in [1.29, 1.82) is 0 Å². The van der Waals surface area contributed by atoms with Crippen molar-refractivity contribution in [2.24, 2.45) is 11.7 Å². The van der Waals surface area contributed by atoms with Gasteiger partial charge < -0.3 is 15.2 Å². The zero-order valence-electron chi connectivity index (χ0n) is 10.9. The number of benzene rings is 1. The number of rotatable bonds is 4. The van der Waals surface area contributed by atoms with Crippen LogP contribution in [0.5, 0.6) is 5.75 Å². The Bertz CT molecular complexity index is 411. The lowest BCUT2D eigenvalue weighted by Gasteiger charge is -2.19. The van der Waals surface area contributed by atoms with Crippen molar-refractivity contribution in [3.63, 3.8) is 0 Å². The monoisotopic (exact) mass is 313 g/mol. The molecule has 1 saturated heterocycles. The summed E-state index contributed by atoms with van der Waals surface area (Å²) in [5.74, 6) is 1.27. The van der Waals surface area contributed by atoms with Crippen molar-refractivity contribution in [1.82, 2.24) is 0 Å². The van der Waals surface area contributed by atoms with Crippen LogP contribution in [-0.2, 0) is 4.74 Å². The van der Waals surface area contributed by atoms with Crippen molar-refractivity contribution in [3.05, 3.63) is 28.2 Å². The Labute approximate surface area is 117 Å². The molecule has 0 radical (unpaired) electrons. The first kappa shape index (κ1) is 13.8. The third-order valence-corrected chi connectivity index (χ3v) is 4.00. The third kappa shape index (κ3) is 3.05. The molecule has 1 fully saturated rings. The fraction of sp³-hybridized carbons (Fsp3) is 0.571. The first-order chi connectivity index (χ1) is 8.61. The van der Waals surface area contributed by atoms with Crippen molar-refractivity contribution in [2.45, 2.75) is 32.4 Å². The van der Waals surface area contributed by atoms with Crippen LogP contribution in [0, 0.1) is 5.92 Å². The lowest BCUT2D eigenvalue weighted by Crippen LogP contribution is -2.21. The van der Waals surface area contributed by atoms with Crippen LogP contribution in [0.2, 0.25) is 0 Å². The van der Waals surface area contributed by atoms with Gasteiger partial charge in [-0.25, -0.2) is 0 Å². The first-order valence-electron chi connectivity index (χ1n) is 6.41. The zero-order valence-corrected chi connectivity index (χ0v) is 12.4. The fourth-order valence-electron chi connectivity index (χ4n) is 2.37. The number of hydrogen-bond donors (Lipinski definition) is 1. The average Bonchev–Trinajstić information content (AvgIpc) is 2.78. The lowest BCUT2D eigenvalue weighted by molar-refractivity contribution is 0.118. The Kier molecular flexibility index (Phi) is 4.65. The van der Waals surface area contributed by atoms with E-state index in [0.29, 0.717) is 18.6 Å². The Balaban J connectivity index is 2.11. The molecule has 0 bridgehead atoms. The molecule has 0 aliphatic carbocycles. The summed E-state index contributed by atoms with van der Waals surface area (Å²) in [4.78, 5) is 0. The highest BCUT2D eigenvalue weighted by Gasteiger charge is 2.28. The van der Waals surface area contributed by atoms with Gasteiger partial charge in [0.05, 0.1) is 23.8 Å². The van der Waals surface area contributed by atoms with Crippen molar-refractivity contribution in [3.8, 4) is 5.75 Å². The average molecular weight is 314 g/mol. The van der Waals surface area contributed by atoms with Crippen LogP contribution >= 0.6 is 15.9 Å². The second-order valence-electron chi connectivity index (χ2n) is 4.79. The van der Waals surface area contributed by atoms with Crippen LogP contribution in [0.15, 0.2) is 22.7 Å². The highest BCUT2D eigenvalue weighted by Crippen LogP contribution is 2.33. The highest BCUT2D eigenvalue weighted by molar-refractivity contribution is 9.10. The Morgan fingerprint density at radius 1 is 1.56 bits per heavy atom.